The predicted molar refractivity (Wildman–Crippen MR) is 83.1 cm³/mol. The first-order chi connectivity index (χ1) is 10.8. The summed E-state index contributed by atoms with van der Waals surface area (Å²) in [7, 11) is 0. The molecule has 22 heavy (non-hydrogen) atoms. The second kappa shape index (κ2) is 5.48. The number of rotatable bonds is 4. The molecule has 1 aliphatic heterocycles. The van der Waals surface area contributed by atoms with E-state index in [1.54, 1.807) is 0 Å². The highest BCUT2D eigenvalue weighted by atomic mass is 16.5. The molecule has 5 heteroatoms. The Hall–Kier alpha value is -2.30. The first-order valence-electron chi connectivity index (χ1n) is 7.86. The van der Waals surface area contributed by atoms with Gasteiger partial charge in [0.25, 0.3) is 0 Å². The summed E-state index contributed by atoms with van der Waals surface area (Å²) in [4.78, 5) is 12.3. The summed E-state index contributed by atoms with van der Waals surface area (Å²) in [5.41, 5.74) is 2.26. The minimum Gasteiger partial charge on any atom is -0.493 e. The minimum atomic E-state index is 0.00977. The molecule has 1 fully saturated rings. The third kappa shape index (κ3) is 2.71. The molecule has 4 rings (SSSR count). The average Bonchev–Trinajstić information content (AvgIpc) is 3.28. The molecule has 2 heterocycles. The summed E-state index contributed by atoms with van der Waals surface area (Å²) in [5, 5.41) is 10.1. The monoisotopic (exact) mass is 297 g/mol. The van der Waals surface area contributed by atoms with Gasteiger partial charge in [-0.25, -0.2) is 0 Å². The number of amides is 1. The van der Waals surface area contributed by atoms with Crippen LogP contribution in [0, 0.1) is 0 Å². The molecule has 0 radical (unpaired) electrons. The maximum atomic E-state index is 12.3. The van der Waals surface area contributed by atoms with Crippen molar-refractivity contribution in [1.82, 2.24) is 10.2 Å². The Morgan fingerprint density at radius 2 is 2.18 bits per heavy atom. The fourth-order valence-electron chi connectivity index (χ4n) is 3.05. The molecule has 2 N–H and O–H groups in total. The van der Waals surface area contributed by atoms with Crippen LogP contribution in [0.5, 0.6) is 5.75 Å². The van der Waals surface area contributed by atoms with Crippen molar-refractivity contribution in [1.29, 1.82) is 0 Å². The molecule has 1 aliphatic carbocycles. The Morgan fingerprint density at radius 1 is 1.32 bits per heavy atom. The number of carbonyl (C=O) groups is 1. The van der Waals surface area contributed by atoms with Gasteiger partial charge >= 0.3 is 0 Å². The van der Waals surface area contributed by atoms with E-state index in [9.17, 15) is 4.79 Å². The molecule has 1 atom stereocenters. The van der Waals surface area contributed by atoms with Gasteiger partial charge < -0.3 is 10.1 Å². The lowest BCUT2D eigenvalue weighted by molar-refractivity contribution is -0.116. The van der Waals surface area contributed by atoms with Crippen LogP contribution in [0.1, 0.15) is 48.8 Å². The summed E-state index contributed by atoms with van der Waals surface area (Å²) in [6.45, 7) is 0.670. The van der Waals surface area contributed by atoms with E-state index in [4.69, 9.17) is 4.74 Å². The number of hydrogen-bond acceptors (Lipinski definition) is 3. The zero-order chi connectivity index (χ0) is 14.9. The van der Waals surface area contributed by atoms with Gasteiger partial charge in [0.15, 0.2) is 5.82 Å². The standard InChI is InChI=1S/C17H19N3O2/c21-17(18-16-10-14(19-20-16)11-5-6-11)9-12-7-8-22-15-4-2-1-3-13(12)15/h1-4,10-12H,5-9H2,(H2,18,19,20,21). The van der Waals surface area contributed by atoms with Gasteiger partial charge in [0.05, 0.1) is 6.61 Å². The fourth-order valence-corrected chi connectivity index (χ4v) is 3.05. The zero-order valence-electron chi connectivity index (χ0n) is 12.3. The molecule has 0 spiro atoms. The van der Waals surface area contributed by atoms with E-state index >= 15 is 0 Å². The SMILES string of the molecule is O=C(CC1CCOc2ccccc21)Nc1cc(C2CC2)[nH]n1. The second-order valence-corrected chi connectivity index (χ2v) is 6.11. The number of H-pyrrole nitrogens is 1. The van der Waals surface area contributed by atoms with E-state index in [2.05, 4.69) is 15.5 Å². The van der Waals surface area contributed by atoms with Crippen LogP contribution in [-0.4, -0.2) is 22.7 Å². The van der Waals surface area contributed by atoms with E-state index in [0.717, 1.165) is 23.4 Å². The van der Waals surface area contributed by atoms with E-state index in [0.29, 0.717) is 24.8 Å². The molecule has 5 nitrogen and oxygen atoms in total. The minimum absolute atomic E-state index is 0.00977. The highest BCUT2D eigenvalue weighted by Gasteiger charge is 2.26. The van der Waals surface area contributed by atoms with E-state index < -0.39 is 0 Å². The summed E-state index contributed by atoms with van der Waals surface area (Å²) in [6.07, 6.45) is 3.77. The largest absolute Gasteiger partial charge is 0.493 e. The van der Waals surface area contributed by atoms with Crippen molar-refractivity contribution in [3.05, 3.63) is 41.6 Å². The first-order valence-corrected chi connectivity index (χ1v) is 7.86. The lowest BCUT2D eigenvalue weighted by atomic mass is 9.90. The number of ether oxygens (including phenoxy) is 1. The Labute approximate surface area is 129 Å². The van der Waals surface area contributed by atoms with Gasteiger partial charge in [-0.1, -0.05) is 18.2 Å². The number of aromatic nitrogens is 2. The average molecular weight is 297 g/mol. The summed E-state index contributed by atoms with van der Waals surface area (Å²) < 4.78 is 5.64. The topological polar surface area (TPSA) is 67.0 Å². The number of anilines is 1. The Bertz CT molecular complexity index is 691. The van der Waals surface area contributed by atoms with Gasteiger partial charge in [-0.2, -0.15) is 5.10 Å². The first kappa shape index (κ1) is 13.4. The zero-order valence-corrected chi connectivity index (χ0v) is 12.3. The molecule has 1 aromatic carbocycles. The quantitative estimate of drug-likeness (QED) is 0.910. The Kier molecular flexibility index (Phi) is 3.33. The van der Waals surface area contributed by atoms with Crippen molar-refractivity contribution in [2.24, 2.45) is 0 Å². The predicted octanol–water partition coefficient (Wildman–Crippen LogP) is 3.18. The van der Waals surface area contributed by atoms with Crippen molar-refractivity contribution < 1.29 is 9.53 Å². The van der Waals surface area contributed by atoms with Gasteiger partial charge in [0.1, 0.15) is 5.75 Å². The van der Waals surface area contributed by atoms with Gasteiger partial charge in [-0.3, -0.25) is 9.89 Å². The van der Waals surface area contributed by atoms with Crippen molar-refractivity contribution in [2.75, 3.05) is 11.9 Å². The van der Waals surface area contributed by atoms with E-state index in [1.807, 2.05) is 30.3 Å². The fraction of sp³-hybridized carbons (Fsp3) is 0.412. The third-order valence-corrected chi connectivity index (χ3v) is 4.40. The maximum absolute atomic E-state index is 12.3. The number of para-hydroxylation sites is 1. The number of benzene rings is 1. The van der Waals surface area contributed by atoms with Crippen LogP contribution in [0.25, 0.3) is 0 Å². The smallest absolute Gasteiger partial charge is 0.226 e. The van der Waals surface area contributed by atoms with Crippen LogP contribution >= 0.6 is 0 Å². The molecule has 1 unspecified atom stereocenters. The summed E-state index contributed by atoms with van der Waals surface area (Å²) >= 11 is 0. The van der Waals surface area contributed by atoms with Crippen molar-refractivity contribution in [3.63, 3.8) is 0 Å². The lowest BCUT2D eigenvalue weighted by Gasteiger charge is -2.25. The van der Waals surface area contributed by atoms with Crippen LogP contribution in [0.2, 0.25) is 0 Å². The number of nitrogens with zero attached hydrogens (tertiary/aromatic N) is 1. The van der Waals surface area contributed by atoms with Gasteiger partial charge in [-0.15, -0.1) is 0 Å². The van der Waals surface area contributed by atoms with E-state index in [1.165, 1.54) is 12.8 Å². The highest BCUT2D eigenvalue weighted by Crippen LogP contribution is 2.39. The van der Waals surface area contributed by atoms with Gasteiger partial charge in [0, 0.05) is 24.1 Å². The lowest BCUT2D eigenvalue weighted by Crippen LogP contribution is -2.20. The molecule has 0 saturated heterocycles. The van der Waals surface area contributed by atoms with Crippen molar-refractivity contribution >= 4 is 11.7 Å². The number of aromatic amines is 1. The van der Waals surface area contributed by atoms with E-state index in [-0.39, 0.29) is 11.8 Å². The maximum Gasteiger partial charge on any atom is 0.226 e. The summed E-state index contributed by atoms with van der Waals surface area (Å²) in [6, 6.07) is 9.92. The molecular formula is C17H19N3O2. The van der Waals surface area contributed by atoms with Crippen molar-refractivity contribution in [3.8, 4) is 5.75 Å². The summed E-state index contributed by atoms with van der Waals surface area (Å²) in [5.74, 6) is 2.37. The van der Waals surface area contributed by atoms with Crippen LogP contribution < -0.4 is 10.1 Å². The number of fused-ring (bicyclic) bond motifs is 1. The van der Waals surface area contributed by atoms with Crippen LogP contribution in [0.15, 0.2) is 30.3 Å². The number of nitrogens with one attached hydrogen (secondary N) is 2. The van der Waals surface area contributed by atoms with Crippen molar-refractivity contribution in [2.45, 2.75) is 37.5 Å². The molecule has 1 aromatic heterocycles. The van der Waals surface area contributed by atoms with Gasteiger partial charge in [-0.05, 0) is 36.8 Å². The Morgan fingerprint density at radius 3 is 3.05 bits per heavy atom. The molecular weight excluding hydrogens is 278 g/mol. The molecule has 114 valence electrons. The Balaban J connectivity index is 1.41. The van der Waals surface area contributed by atoms with Crippen LogP contribution in [0.4, 0.5) is 5.82 Å². The molecule has 2 aliphatic rings. The third-order valence-electron chi connectivity index (χ3n) is 4.40. The van der Waals surface area contributed by atoms with Gasteiger partial charge in [0.2, 0.25) is 5.91 Å². The number of hydrogen-bond donors (Lipinski definition) is 2. The number of carbonyl (C=O) groups excluding carboxylic acids is 1. The molecule has 0 bridgehead atoms. The van der Waals surface area contributed by atoms with Crippen LogP contribution in [-0.2, 0) is 4.79 Å². The molecule has 1 amide bonds. The normalized spacial score (nSPS) is 20.1. The second-order valence-electron chi connectivity index (χ2n) is 6.11. The highest BCUT2D eigenvalue weighted by molar-refractivity contribution is 5.90. The molecule has 2 aromatic rings. The van der Waals surface area contributed by atoms with Crippen LogP contribution in [0.3, 0.4) is 0 Å². The molecule has 1 saturated carbocycles.